The summed E-state index contributed by atoms with van der Waals surface area (Å²) in [7, 11) is 0. The zero-order valence-corrected chi connectivity index (χ0v) is 12.2. The van der Waals surface area contributed by atoms with E-state index in [2.05, 4.69) is 35.6 Å². The molecule has 0 saturated carbocycles. The van der Waals surface area contributed by atoms with Crippen molar-refractivity contribution in [2.75, 3.05) is 6.61 Å². The molecule has 0 fully saturated rings. The molecule has 0 aromatic carbocycles. The molecule has 0 aliphatic heterocycles. The zero-order chi connectivity index (χ0) is 11.5. The van der Waals surface area contributed by atoms with Gasteiger partial charge in [-0.05, 0) is 30.4 Å². The van der Waals surface area contributed by atoms with Crippen LogP contribution in [0, 0.1) is 0 Å². The van der Waals surface area contributed by atoms with Gasteiger partial charge in [0.05, 0.1) is 6.10 Å². The maximum Gasteiger partial charge on any atom is 0.155 e. The van der Waals surface area contributed by atoms with E-state index in [4.69, 9.17) is 9.47 Å². The minimum absolute atomic E-state index is 0.103. The summed E-state index contributed by atoms with van der Waals surface area (Å²) in [5.41, 5.74) is 0. The number of ether oxygens (including phenoxy) is 2. The van der Waals surface area contributed by atoms with Gasteiger partial charge in [0, 0.05) is 6.61 Å². The lowest BCUT2D eigenvalue weighted by Crippen LogP contribution is -2.20. The summed E-state index contributed by atoms with van der Waals surface area (Å²) in [6, 6.07) is 0. The third-order valence-electron chi connectivity index (χ3n) is 2.15. The Hall–Kier alpha value is 0.390. The molecule has 2 nitrogen and oxygen atoms in total. The maximum absolute atomic E-state index is 5.76. The van der Waals surface area contributed by atoms with Gasteiger partial charge >= 0.3 is 0 Å². The van der Waals surface area contributed by atoms with Crippen LogP contribution in [0.5, 0.6) is 0 Å². The molecular formula is C12H23IO2. The second-order valence-corrected chi connectivity index (χ2v) is 4.23. The average molecular weight is 326 g/mol. The molecule has 2 unspecified atom stereocenters. The number of halogens is 1. The largest absolute Gasteiger partial charge is 0.353 e. The SMILES string of the molecule is CCCCCC(/C=C\I)OC(C)OCC. The summed E-state index contributed by atoms with van der Waals surface area (Å²) >= 11 is 2.23. The van der Waals surface area contributed by atoms with Crippen molar-refractivity contribution >= 4 is 22.6 Å². The highest BCUT2D eigenvalue weighted by molar-refractivity contribution is 14.1. The Morgan fingerprint density at radius 2 is 2.00 bits per heavy atom. The van der Waals surface area contributed by atoms with Gasteiger partial charge < -0.3 is 9.47 Å². The van der Waals surface area contributed by atoms with Crippen LogP contribution in [-0.4, -0.2) is 19.0 Å². The van der Waals surface area contributed by atoms with Gasteiger partial charge in [-0.15, -0.1) is 0 Å². The predicted molar refractivity (Wildman–Crippen MR) is 73.3 cm³/mol. The molecule has 0 aromatic rings. The molecule has 0 aliphatic rings. The molecule has 0 aliphatic carbocycles. The van der Waals surface area contributed by atoms with Crippen LogP contribution in [0.3, 0.4) is 0 Å². The Morgan fingerprint density at radius 1 is 1.27 bits per heavy atom. The summed E-state index contributed by atoms with van der Waals surface area (Å²) in [5, 5.41) is 0. The summed E-state index contributed by atoms with van der Waals surface area (Å²) in [4.78, 5) is 0. The van der Waals surface area contributed by atoms with Gasteiger partial charge in [-0.25, -0.2) is 0 Å². The minimum Gasteiger partial charge on any atom is -0.353 e. The van der Waals surface area contributed by atoms with Crippen molar-refractivity contribution < 1.29 is 9.47 Å². The lowest BCUT2D eigenvalue weighted by molar-refractivity contribution is -0.147. The monoisotopic (exact) mass is 326 g/mol. The quantitative estimate of drug-likeness (QED) is 0.358. The Morgan fingerprint density at radius 3 is 2.53 bits per heavy atom. The molecule has 0 N–H and O–H groups in total. The van der Waals surface area contributed by atoms with E-state index in [0.717, 1.165) is 6.42 Å². The molecule has 2 atom stereocenters. The van der Waals surface area contributed by atoms with Gasteiger partial charge in [-0.1, -0.05) is 48.8 Å². The molecule has 0 bridgehead atoms. The number of hydrogen-bond acceptors (Lipinski definition) is 2. The van der Waals surface area contributed by atoms with Crippen molar-refractivity contribution in [1.82, 2.24) is 0 Å². The first-order valence-electron chi connectivity index (χ1n) is 5.78. The molecule has 0 aromatic heterocycles. The molecule has 3 heteroatoms. The van der Waals surface area contributed by atoms with Gasteiger partial charge in [0.25, 0.3) is 0 Å². The Bertz CT molecular complexity index is 160. The van der Waals surface area contributed by atoms with Crippen LogP contribution in [-0.2, 0) is 9.47 Å². The van der Waals surface area contributed by atoms with E-state index in [0.29, 0.717) is 6.61 Å². The lowest BCUT2D eigenvalue weighted by Gasteiger charge is -2.19. The van der Waals surface area contributed by atoms with Crippen molar-refractivity contribution in [3.63, 3.8) is 0 Å². The fraction of sp³-hybridized carbons (Fsp3) is 0.833. The number of hydrogen-bond donors (Lipinski definition) is 0. The molecule has 90 valence electrons. The van der Waals surface area contributed by atoms with E-state index in [1.54, 1.807) is 0 Å². The Balaban J connectivity index is 3.81. The first-order chi connectivity index (χ1) is 7.24. The second kappa shape index (κ2) is 10.9. The highest BCUT2D eigenvalue weighted by Gasteiger charge is 2.09. The van der Waals surface area contributed by atoms with Crippen LogP contribution < -0.4 is 0 Å². The van der Waals surface area contributed by atoms with Gasteiger partial charge in [-0.2, -0.15) is 0 Å². The van der Waals surface area contributed by atoms with E-state index in [1.165, 1.54) is 19.3 Å². The van der Waals surface area contributed by atoms with Gasteiger partial charge in [0.2, 0.25) is 0 Å². The smallest absolute Gasteiger partial charge is 0.155 e. The number of rotatable bonds is 9. The first kappa shape index (κ1) is 15.4. The van der Waals surface area contributed by atoms with E-state index in [9.17, 15) is 0 Å². The van der Waals surface area contributed by atoms with E-state index in [1.807, 2.05) is 17.9 Å². The molecule has 0 rings (SSSR count). The van der Waals surface area contributed by atoms with Crippen LogP contribution in [0.15, 0.2) is 10.2 Å². The Labute approximate surface area is 108 Å². The normalized spacial score (nSPS) is 15.7. The molecule has 0 saturated heterocycles. The van der Waals surface area contributed by atoms with E-state index < -0.39 is 0 Å². The van der Waals surface area contributed by atoms with E-state index in [-0.39, 0.29) is 12.4 Å². The van der Waals surface area contributed by atoms with Crippen molar-refractivity contribution in [2.24, 2.45) is 0 Å². The molecule has 0 spiro atoms. The Kier molecular flexibility index (Phi) is 11.2. The standard InChI is InChI=1S/C12H23IO2/c1-4-6-7-8-12(9-10-13)15-11(3)14-5-2/h9-12H,4-8H2,1-3H3/b10-9-. The van der Waals surface area contributed by atoms with Crippen LogP contribution in [0.1, 0.15) is 46.5 Å². The predicted octanol–water partition coefficient (Wildman–Crippen LogP) is 4.28. The van der Waals surface area contributed by atoms with Crippen molar-refractivity contribution in [2.45, 2.75) is 58.8 Å². The van der Waals surface area contributed by atoms with Gasteiger partial charge in [-0.3, -0.25) is 0 Å². The van der Waals surface area contributed by atoms with Crippen LogP contribution >= 0.6 is 22.6 Å². The highest BCUT2D eigenvalue weighted by atomic mass is 127. The summed E-state index contributed by atoms with van der Waals surface area (Å²) in [6.07, 6.45) is 7.04. The van der Waals surface area contributed by atoms with Crippen molar-refractivity contribution in [3.05, 3.63) is 10.2 Å². The highest BCUT2D eigenvalue weighted by Crippen LogP contribution is 2.12. The molecule has 0 radical (unpaired) electrons. The third-order valence-corrected chi connectivity index (χ3v) is 2.56. The minimum atomic E-state index is -0.103. The van der Waals surface area contributed by atoms with E-state index >= 15 is 0 Å². The fourth-order valence-corrected chi connectivity index (χ4v) is 1.87. The molecule has 15 heavy (non-hydrogen) atoms. The van der Waals surface area contributed by atoms with Crippen molar-refractivity contribution in [1.29, 1.82) is 0 Å². The van der Waals surface area contributed by atoms with Gasteiger partial charge in [0.15, 0.2) is 6.29 Å². The zero-order valence-electron chi connectivity index (χ0n) is 10.0. The summed E-state index contributed by atoms with van der Waals surface area (Å²) < 4.78 is 13.2. The second-order valence-electron chi connectivity index (χ2n) is 3.51. The molecule has 0 amide bonds. The number of unbranched alkanes of at least 4 members (excludes halogenated alkanes) is 2. The van der Waals surface area contributed by atoms with Crippen molar-refractivity contribution in [3.8, 4) is 0 Å². The van der Waals surface area contributed by atoms with Crippen LogP contribution in [0.4, 0.5) is 0 Å². The first-order valence-corrected chi connectivity index (χ1v) is 7.03. The summed E-state index contributed by atoms with van der Waals surface area (Å²) in [5.74, 6) is 0. The van der Waals surface area contributed by atoms with Crippen LogP contribution in [0.25, 0.3) is 0 Å². The fourth-order valence-electron chi connectivity index (χ4n) is 1.41. The molecule has 0 heterocycles. The van der Waals surface area contributed by atoms with Gasteiger partial charge in [0.1, 0.15) is 0 Å². The maximum atomic E-state index is 5.76. The average Bonchev–Trinajstić information content (AvgIpc) is 2.18. The topological polar surface area (TPSA) is 18.5 Å². The molecular weight excluding hydrogens is 303 g/mol. The van der Waals surface area contributed by atoms with Crippen LogP contribution in [0.2, 0.25) is 0 Å². The lowest BCUT2D eigenvalue weighted by atomic mass is 10.1. The third kappa shape index (κ3) is 9.33. The summed E-state index contributed by atoms with van der Waals surface area (Å²) in [6.45, 7) is 6.86.